The topological polar surface area (TPSA) is 45.9 Å². The summed E-state index contributed by atoms with van der Waals surface area (Å²) in [6, 6.07) is 4.47. The van der Waals surface area contributed by atoms with Crippen LogP contribution < -0.4 is 0 Å². The first kappa shape index (κ1) is 14.3. The second-order valence-corrected chi connectivity index (χ2v) is 6.74. The molecule has 22 heavy (non-hydrogen) atoms. The number of hydrogen-bond donors (Lipinski definition) is 0. The molecule has 0 unspecified atom stereocenters. The van der Waals surface area contributed by atoms with Gasteiger partial charge in [0, 0.05) is 44.9 Å². The zero-order valence-electron chi connectivity index (χ0n) is 12.9. The molecule has 0 bridgehead atoms. The fraction of sp³-hybridized carbons (Fsp3) is 0.706. The van der Waals surface area contributed by atoms with Crippen molar-refractivity contribution in [3.05, 3.63) is 24.2 Å². The van der Waals surface area contributed by atoms with Crippen LogP contribution in [0.1, 0.15) is 36.2 Å². The molecule has 4 heterocycles. The van der Waals surface area contributed by atoms with E-state index in [0.29, 0.717) is 17.8 Å². The van der Waals surface area contributed by atoms with E-state index in [0.717, 1.165) is 45.1 Å². The molecule has 0 aromatic carbocycles. The molecular formula is C17H24N2O3. The lowest BCUT2D eigenvalue weighted by atomic mass is 9.99. The lowest BCUT2D eigenvalue weighted by Crippen LogP contribution is -2.41. The molecule has 5 heteroatoms. The molecule has 1 amide bonds. The molecule has 3 aliphatic rings. The van der Waals surface area contributed by atoms with Crippen LogP contribution in [0.3, 0.4) is 0 Å². The number of hydrogen-bond acceptors (Lipinski definition) is 4. The number of carbonyl (C=O) groups excluding carboxylic acids is 1. The van der Waals surface area contributed by atoms with Crippen LogP contribution >= 0.6 is 0 Å². The minimum absolute atomic E-state index is 0.0606. The van der Waals surface area contributed by atoms with E-state index in [9.17, 15) is 4.79 Å². The van der Waals surface area contributed by atoms with Crippen molar-refractivity contribution in [3.8, 4) is 0 Å². The number of furan rings is 1. The van der Waals surface area contributed by atoms with Gasteiger partial charge < -0.3 is 14.1 Å². The van der Waals surface area contributed by atoms with Crippen molar-refractivity contribution >= 4 is 5.91 Å². The van der Waals surface area contributed by atoms with Crippen LogP contribution in [0.2, 0.25) is 0 Å². The average molecular weight is 304 g/mol. The van der Waals surface area contributed by atoms with E-state index in [1.807, 2.05) is 4.90 Å². The molecule has 3 aliphatic heterocycles. The van der Waals surface area contributed by atoms with E-state index >= 15 is 0 Å². The van der Waals surface area contributed by atoms with E-state index < -0.39 is 0 Å². The summed E-state index contributed by atoms with van der Waals surface area (Å²) in [5.74, 6) is 1.30. The first-order chi connectivity index (χ1) is 10.8. The summed E-state index contributed by atoms with van der Waals surface area (Å²) in [7, 11) is 0. The highest BCUT2D eigenvalue weighted by Gasteiger charge is 2.45. The highest BCUT2D eigenvalue weighted by atomic mass is 16.5. The van der Waals surface area contributed by atoms with Gasteiger partial charge in [0.1, 0.15) is 0 Å². The molecule has 1 aromatic heterocycles. The van der Waals surface area contributed by atoms with Gasteiger partial charge in [-0.2, -0.15) is 0 Å². The molecule has 4 rings (SSSR count). The Labute approximate surface area is 131 Å². The third-order valence-corrected chi connectivity index (χ3v) is 5.52. The molecule has 120 valence electrons. The van der Waals surface area contributed by atoms with Crippen LogP contribution in [0.25, 0.3) is 0 Å². The minimum Gasteiger partial charge on any atom is -0.459 e. The van der Waals surface area contributed by atoms with Crippen molar-refractivity contribution in [3.63, 3.8) is 0 Å². The fourth-order valence-electron chi connectivity index (χ4n) is 4.36. The van der Waals surface area contributed by atoms with E-state index in [-0.39, 0.29) is 5.91 Å². The maximum Gasteiger partial charge on any atom is 0.289 e. The number of nitrogens with zero attached hydrogens (tertiary/aromatic N) is 2. The van der Waals surface area contributed by atoms with Gasteiger partial charge in [0.25, 0.3) is 5.91 Å². The summed E-state index contributed by atoms with van der Waals surface area (Å²) in [5.41, 5.74) is 0. The number of ether oxygens (including phenoxy) is 1. The van der Waals surface area contributed by atoms with Crippen molar-refractivity contribution in [1.29, 1.82) is 0 Å². The van der Waals surface area contributed by atoms with Gasteiger partial charge in [0.15, 0.2) is 5.76 Å². The maximum absolute atomic E-state index is 12.5. The largest absolute Gasteiger partial charge is 0.459 e. The van der Waals surface area contributed by atoms with Crippen molar-refractivity contribution < 1.29 is 13.9 Å². The molecule has 0 spiro atoms. The van der Waals surface area contributed by atoms with Crippen LogP contribution in [-0.2, 0) is 4.74 Å². The molecule has 2 atom stereocenters. The highest BCUT2D eigenvalue weighted by molar-refractivity contribution is 5.92. The molecule has 1 aromatic rings. The normalized spacial score (nSPS) is 29.9. The lowest BCUT2D eigenvalue weighted by molar-refractivity contribution is 0.0501. The summed E-state index contributed by atoms with van der Waals surface area (Å²) >= 11 is 0. The molecule has 0 aliphatic carbocycles. The van der Waals surface area contributed by atoms with E-state index in [2.05, 4.69) is 4.90 Å². The Kier molecular flexibility index (Phi) is 3.92. The Bertz CT molecular complexity index is 510. The van der Waals surface area contributed by atoms with Crippen molar-refractivity contribution in [2.45, 2.75) is 37.8 Å². The van der Waals surface area contributed by atoms with Crippen LogP contribution in [0.15, 0.2) is 22.8 Å². The third-order valence-electron chi connectivity index (χ3n) is 5.52. The Morgan fingerprint density at radius 1 is 1.14 bits per heavy atom. The second kappa shape index (κ2) is 6.05. The zero-order chi connectivity index (χ0) is 14.9. The standard InChI is InChI=1S/C17H24N2O3/c20-17(16-2-1-9-22-16)19-8-4-14-15(19)3-7-18(14)12-13-5-10-21-11-6-13/h1-2,9,13-15H,3-8,10-12H2/t14-,15+/m1/s1. The molecule has 0 saturated carbocycles. The predicted octanol–water partition coefficient (Wildman–Crippen LogP) is 2.00. The smallest absolute Gasteiger partial charge is 0.289 e. The van der Waals surface area contributed by atoms with Crippen LogP contribution in [0.4, 0.5) is 0 Å². The van der Waals surface area contributed by atoms with Crippen LogP contribution in [0, 0.1) is 5.92 Å². The molecule has 0 N–H and O–H groups in total. The Morgan fingerprint density at radius 2 is 1.95 bits per heavy atom. The maximum atomic E-state index is 12.5. The summed E-state index contributed by atoms with van der Waals surface area (Å²) in [4.78, 5) is 17.2. The summed E-state index contributed by atoms with van der Waals surface area (Å²) in [6.45, 7) is 4.98. The van der Waals surface area contributed by atoms with Gasteiger partial charge in [-0.05, 0) is 43.7 Å². The first-order valence-corrected chi connectivity index (χ1v) is 8.49. The number of likely N-dealkylation sites (tertiary alicyclic amines) is 2. The van der Waals surface area contributed by atoms with Crippen molar-refractivity contribution in [2.75, 3.05) is 32.8 Å². The number of carbonyl (C=O) groups is 1. The number of rotatable bonds is 3. The fourth-order valence-corrected chi connectivity index (χ4v) is 4.36. The van der Waals surface area contributed by atoms with Crippen LogP contribution in [0.5, 0.6) is 0 Å². The van der Waals surface area contributed by atoms with Gasteiger partial charge in [0.2, 0.25) is 0 Å². The number of amides is 1. The molecular weight excluding hydrogens is 280 g/mol. The molecule has 0 radical (unpaired) electrons. The second-order valence-electron chi connectivity index (χ2n) is 6.74. The summed E-state index contributed by atoms with van der Waals surface area (Å²) < 4.78 is 10.7. The van der Waals surface area contributed by atoms with Crippen LogP contribution in [-0.4, -0.2) is 60.6 Å². The van der Waals surface area contributed by atoms with Crippen molar-refractivity contribution in [1.82, 2.24) is 9.80 Å². The lowest BCUT2D eigenvalue weighted by Gasteiger charge is -2.30. The summed E-state index contributed by atoms with van der Waals surface area (Å²) in [5, 5.41) is 0. The van der Waals surface area contributed by atoms with Gasteiger partial charge >= 0.3 is 0 Å². The predicted molar refractivity (Wildman–Crippen MR) is 81.7 cm³/mol. The number of fused-ring (bicyclic) bond motifs is 1. The minimum atomic E-state index is 0.0606. The van der Waals surface area contributed by atoms with Gasteiger partial charge in [-0.3, -0.25) is 9.69 Å². The quantitative estimate of drug-likeness (QED) is 0.857. The van der Waals surface area contributed by atoms with Gasteiger partial charge in [-0.25, -0.2) is 0 Å². The average Bonchev–Trinajstić information content (AvgIpc) is 3.26. The Morgan fingerprint density at radius 3 is 2.73 bits per heavy atom. The van der Waals surface area contributed by atoms with Gasteiger partial charge in [-0.15, -0.1) is 0 Å². The third kappa shape index (κ3) is 2.57. The van der Waals surface area contributed by atoms with E-state index in [1.54, 1.807) is 18.4 Å². The van der Waals surface area contributed by atoms with Gasteiger partial charge in [-0.1, -0.05) is 0 Å². The molecule has 3 saturated heterocycles. The molecule has 3 fully saturated rings. The monoisotopic (exact) mass is 304 g/mol. The van der Waals surface area contributed by atoms with E-state index in [4.69, 9.17) is 9.15 Å². The SMILES string of the molecule is O=C(c1ccco1)N1CC[C@@H]2[C@@H]1CCN2CC1CCOCC1. The first-order valence-electron chi connectivity index (χ1n) is 8.49. The Hall–Kier alpha value is -1.33. The van der Waals surface area contributed by atoms with Gasteiger partial charge in [0.05, 0.1) is 6.26 Å². The highest BCUT2D eigenvalue weighted by Crippen LogP contribution is 2.34. The zero-order valence-corrected chi connectivity index (χ0v) is 12.9. The summed E-state index contributed by atoms with van der Waals surface area (Å²) in [6.07, 6.45) is 6.14. The Balaban J connectivity index is 1.39. The van der Waals surface area contributed by atoms with E-state index in [1.165, 1.54) is 19.4 Å². The van der Waals surface area contributed by atoms with Crippen molar-refractivity contribution in [2.24, 2.45) is 5.92 Å². The molecule has 5 nitrogen and oxygen atoms in total.